The van der Waals surface area contributed by atoms with Crippen LogP contribution in [0.2, 0.25) is 0 Å². The smallest absolute Gasteiger partial charge is 0.420 e. The van der Waals surface area contributed by atoms with Gasteiger partial charge in [0.05, 0.1) is 11.7 Å². The summed E-state index contributed by atoms with van der Waals surface area (Å²) in [6.07, 6.45) is -3.93. The SMILES string of the molecule is CC(C)Oc1ccc(NC=C(C#N)C#N)cc1C(F)(F)F. The number of nitriles is 2. The van der Waals surface area contributed by atoms with E-state index < -0.39 is 17.8 Å². The van der Waals surface area contributed by atoms with E-state index in [0.717, 1.165) is 12.3 Å². The molecule has 0 unspecified atom stereocenters. The molecule has 0 spiro atoms. The van der Waals surface area contributed by atoms with Gasteiger partial charge in [-0.25, -0.2) is 0 Å². The second kappa shape index (κ2) is 6.67. The van der Waals surface area contributed by atoms with Crippen LogP contribution >= 0.6 is 0 Å². The molecule has 4 nitrogen and oxygen atoms in total. The van der Waals surface area contributed by atoms with Crippen molar-refractivity contribution in [1.82, 2.24) is 0 Å². The van der Waals surface area contributed by atoms with Crippen molar-refractivity contribution in [3.63, 3.8) is 0 Å². The van der Waals surface area contributed by atoms with E-state index in [0.29, 0.717) is 0 Å². The highest BCUT2D eigenvalue weighted by Gasteiger charge is 2.34. The molecule has 110 valence electrons. The Labute approximate surface area is 120 Å². The first-order valence-corrected chi connectivity index (χ1v) is 5.92. The largest absolute Gasteiger partial charge is 0.490 e. The van der Waals surface area contributed by atoms with Gasteiger partial charge in [0.15, 0.2) is 0 Å². The molecule has 0 atom stereocenters. The molecule has 0 fully saturated rings. The van der Waals surface area contributed by atoms with Gasteiger partial charge in [-0.3, -0.25) is 0 Å². The average Bonchev–Trinajstić information content (AvgIpc) is 2.39. The number of anilines is 1. The van der Waals surface area contributed by atoms with Gasteiger partial charge in [0, 0.05) is 11.9 Å². The molecule has 21 heavy (non-hydrogen) atoms. The Bertz CT molecular complexity index is 606. The van der Waals surface area contributed by atoms with Gasteiger partial charge in [0.2, 0.25) is 0 Å². The third-order valence-electron chi connectivity index (χ3n) is 2.27. The van der Waals surface area contributed by atoms with E-state index in [9.17, 15) is 13.2 Å². The molecular weight excluding hydrogens is 283 g/mol. The van der Waals surface area contributed by atoms with Gasteiger partial charge in [-0.1, -0.05) is 0 Å². The standard InChI is InChI=1S/C14H12F3N3O/c1-9(2)21-13-4-3-11(5-12(13)14(15,16)17)20-8-10(6-18)7-19/h3-5,8-9,20H,1-2H3. The Kier molecular flexibility index (Phi) is 5.20. The quantitative estimate of drug-likeness (QED) is 0.857. The maximum atomic E-state index is 13.0. The van der Waals surface area contributed by atoms with Crippen molar-refractivity contribution < 1.29 is 17.9 Å². The van der Waals surface area contributed by atoms with Gasteiger partial charge < -0.3 is 10.1 Å². The van der Waals surface area contributed by atoms with Crippen LogP contribution in [-0.2, 0) is 6.18 Å². The van der Waals surface area contributed by atoms with E-state index in [4.69, 9.17) is 15.3 Å². The fraction of sp³-hybridized carbons (Fsp3) is 0.286. The molecule has 0 radical (unpaired) electrons. The number of nitrogens with zero attached hydrogens (tertiary/aromatic N) is 2. The van der Waals surface area contributed by atoms with Crippen molar-refractivity contribution in [3.05, 3.63) is 35.5 Å². The predicted octanol–water partition coefficient (Wildman–Crippen LogP) is 3.84. The number of alkyl halides is 3. The highest BCUT2D eigenvalue weighted by atomic mass is 19.4. The molecule has 1 aromatic rings. The number of benzene rings is 1. The summed E-state index contributed by atoms with van der Waals surface area (Å²) in [4.78, 5) is 0. The van der Waals surface area contributed by atoms with Crippen LogP contribution in [0.25, 0.3) is 0 Å². The zero-order valence-electron chi connectivity index (χ0n) is 11.3. The fourth-order valence-corrected chi connectivity index (χ4v) is 1.44. The molecule has 0 saturated carbocycles. The summed E-state index contributed by atoms with van der Waals surface area (Å²) in [6.45, 7) is 3.25. The van der Waals surface area contributed by atoms with Crippen LogP contribution in [0.5, 0.6) is 5.75 Å². The topological polar surface area (TPSA) is 68.8 Å². The normalized spacial score (nSPS) is 10.5. The minimum absolute atomic E-state index is 0.0985. The number of rotatable bonds is 4. The highest BCUT2D eigenvalue weighted by Crippen LogP contribution is 2.38. The number of hydrogen-bond acceptors (Lipinski definition) is 4. The summed E-state index contributed by atoms with van der Waals surface area (Å²) in [5.74, 6) is -0.271. The summed E-state index contributed by atoms with van der Waals surface area (Å²) in [5.41, 5.74) is -1.07. The lowest BCUT2D eigenvalue weighted by Crippen LogP contribution is -2.13. The van der Waals surface area contributed by atoms with Crippen LogP contribution < -0.4 is 10.1 Å². The van der Waals surface area contributed by atoms with Crippen LogP contribution in [0.1, 0.15) is 19.4 Å². The molecule has 0 aliphatic rings. The van der Waals surface area contributed by atoms with Gasteiger partial charge in [0.25, 0.3) is 0 Å². The number of ether oxygens (including phenoxy) is 1. The Hall–Kier alpha value is -2.67. The molecule has 0 bridgehead atoms. The molecule has 0 aromatic heterocycles. The summed E-state index contributed by atoms with van der Waals surface area (Å²) in [6, 6.07) is 6.61. The van der Waals surface area contributed by atoms with Gasteiger partial charge in [-0.15, -0.1) is 0 Å². The monoisotopic (exact) mass is 295 g/mol. The zero-order valence-corrected chi connectivity index (χ0v) is 11.3. The third kappa shape index (κ3) is 4.73. The minimum Gasteiger partial charge on any atom is -0.490 e. The minimum atomic E-state index is -4.57. The summed E-state index contributed by atoms with van der Waals surface area (Å²) >= 11 is 0. The van der Waals surface area contributed by atoms with Crippen LogP contribution in [0.15, 0.2) is 30.0 Å². The van der Waals surface area contributed by atoms with Gasteiger partial charge in [-0.05, 0) is 32.0 Å². The molecule has 1 N–H and O–H groups in total. The van der Waals surface area contributed by atoms with Crippen molar-refractivity contribution in [2.24, 2.45) is 0 Å². The Morgan fingerprint density at radius 3 is 2.38 bits per heavy atom. The van der Waals surface area contributed by atoms with E-state index >= 15 is 0 Å². The summed E-state index contributed by atoms with van der Waals surface area (Å²) in [7, 11) is 0. The number of allylic oxidation sites excluding steroid dienone is 1. The molecule has 0 heterocycles. The lowest BCUT2D eigenvalue weighted by molar-refractivity contribution is -0.139. The molecular formula is C14H12F3N3O. The Balaban J connectivity index is 3.15. The zero-order chi connectivity index (χ0) is 16.0. The first kappa shape index (κ1) is 16.4. The van der Waals surface area contributed by atoms with Crippen molar-refractivity contribution in [2.75, 3.05) is 5.32 Å². The van der Waals surface area contributed by atoms with Gasteiger partial charge in [0.1, 0.15) is 23.5 Å². The molecule has 1 aromatic carbocycles. The van der Waals surface area contributed by atoms with E-state index in [1.807, 2.05) is 0 Å². The predicted molar refractivity (Wildman–Crippen MR) is 70.1 cm³/mol. The Morgan fingerprint density at radius 2 is 1.90 bits per heavy atom. The highest BCUT2D eigenvalue weighted by molar-refractivity contribution is 5.55. The lowest BCUT2D eigenvalue weighted by atomic mass is 10.1. The lowest BCUT2D eigenvalue weighted by Gasteiger charge is -2.17. The third-order valence-corrected chi connectivity index (χ3v) is 2.27. The molecule has 0 aliphatic heterocycles. The maximum Gasteiger partial charge on any atom is 0.420 e. The maximum absolute atomic E-state index is 13.0. The molecule has 7 heteroatoms. The second-order valence-corrected chi connectivity index (χ2v) is 4.30. The molecule has 0 amide bonds. The van der Waals surface area contributed by atoms with Crippen molar-refractivity contribution >= 4 is 5.69 Å². The average molecular weight is 295 g/mol. The number of halogens is 3. The number of hydrogen-bond donors (Lipinski definition) is 1. The van der Waals surface area contributed by atoms with Crippen LogP contribution in [0.4, 0.5) is 18.9 Å². The van der Waals surface area contributed by atoms with Crippen molar-refractivity contribution in [2.45, 2.75) is 26.1 Å². The van der Waals surface area contributed by atoms with Crippen molar-refractivity contribution in [1.29, 1.82) is 10.5 Å². The molecule has 1 rings (SSSR count). The van der Waals surface area contributed by atoms with E-state index in [2.05, 4.69) is 5.32 Å². The second-order valence-electron chi connectivity index (χ2n) is 4.30. The summed E-state index contributed by atoms with van der Waals surface area (Å²) < 4.78 is 44.1. The molecule has 0 saturated heterocycles. The van der Waals surface area contributed by atoms with E-state index in [1.165, 1.54) is 12.1 Å². The van der Waals surface area contributed by atoms with Crippen LogP contribution in [0.3, 0.4) is 0 Å². The summed E-state index contributed by atoms with van der Waals surface area (Å²) in [5, 5.41) is 19.6. The number of nitrogens with one attached hydrogen (secondary N) is 1. The van der Waals surface area contributed by atoms with Crippen LogP contribution in [0, 0.1) is 22.7 Å². The first-order chi connectivity index (χ1) is 9.77. The van der Waals surface area contributed by atoms with E-state index in [-0.39, 0.29) is 17.0 Å². The Morgan fingerprint density at radius 1 is 1.29 bits per heavy atom. The first-order valence-electron chi connectivity index (χ1n) is 5.92. The van der Waals surface area contributed by atoms with Crippen molar-refractivity contribution in [3.8, 4) is 17.9 Å². The van der Waals surface area contributed by atoms with Gasteiger partial charge >= 0.3 is 6.18 Å². The van der Waals surface area contributed by atoms with Crippen LogP contribution in [-0.4, -0.2) is 6.10 Å². The van der Waals surface area contributed by atoms with E-state index in [1.54, 1.807) is 26.0 Å². The fourth-order valence-electron chi connectivity index (χ4n) is 1.44. The van der Waals surface area contributed by atoms with Gasteiger partial charge in [-0.2, -0.15) is 23.7 Å². The molecule has 0 aliphatic carbocycles.